The summed E-state index contributed by atoms with van der Waals surface area (Å²) in [5, 5.41) is 9.45. The maximum Gasteiger partial charge on any atom is 0.411 e. The number of carboxylic acids is 1. The fourth-order valence-corrected chi connectivity index (χ4v) is 3.37. The quantitative estimate of drug-likeness (QED) is 0.560. The van der Waals surface area contributed by atoms with Crippen molar-refractivity contribution in [1.82, 2.24) is 4.90 Å². The molecule has 8 nitrogen and oxygen atoms in total. The second-order valence-corrected chi connectivity index (χ2v) is 8.52. The van der Waals surface area contributed by atoms with Crippen molar-refractivity contribution in [3.8, 4) is 0 Å². The van der Waals surface area contributed by atoms with Gasteiger partial charge in [-0.05, 0) is 32.9 Å². The van der Waals surface area contributed by atoms with Gasteiger partial charge in [0.25, 0.3) is 0 Å². The Morgan fingerprint density at radius 3 is 2.03 bits per heavy atom. The van der Waals surface area contributed by atoms with Gasteiger partial charge < -0.3 is 14.6 Å². The van der Waals surface area contributed by atoms with Crippen LogP contribution in [0.1, 0.15) is 53.5 Å². The number of carbonyl (C=O) groups is 4. The highest BCUT2D eigenvalue weighted by Crippen LogP contribution is 2.24. The SMILES string of the molecule is CC(C)(C)OC(=O)N1C[C@@H](OC(=O)c2ccc(C(=O)c3ccccc3)cc2)C[C@H]1C(=O)O. The van der Waals surface area contributed by atoms with Crippen LogP contribution in [0.5, 0.6) is 0 Å². The van der Waals surface area contributed by atoms with Gasteiger partial charge in [-0.1, -0.05) is 42.5 Å². The molecule has 0 aliphatic carbocycles. The molecule has 2 aromatic rings. The first-order valence-electron chi connectivity index (χ1n) is 10.2. The van der Waals surface area contributed by atoms with E-state index in [1.165, 1.54) is 24.3 Å². The molecule has 0 spiro atoms. The molecule has 32 heavy (non-hydrogen) atoms. The van der Waals surface area contributed by atoms with E-state index in [1.807, 2.05) is 6.07 Å². The Hall–Kier alpha value is -3.68. The van der Waals surface area contributed by atoms with Gasteiger partial charge in [-0.25, -0.2) is 14.4 Å². The molecule has 2 aromatic carbocycles. The van der Waals surface area contributed by atoms with E-state index in [0.717, 1.165) is 4.90 Å². The highest BCUT2D eigenvalue weighted by Gasteiger charge is 2.43. The lowest BCUT2D eigenvalue weighted by atomic mass is 10.0. The smallest absolute Gasteiger partial charge is 0.411 e. The Balaban J connectivity index is 1.65. The van der Waals surface area contributed by atoms with E-state index in [9.17, 15) is 24.3 Å². The molecular formula is C24H25NO7. The van der Waals surface area contributed by atoms with Crippen LogP contribution < -0.4 is 0 Å². The van der Waals surface area contributed by atoms with E-state index in [1.54, 1.807) is 45.0 Å². The molecule has 1 aliphatic rings. The zero-order valence-corrected chi connectivity index (χ0v) is 18.1. The van der Waals surface area contributed by atoms with Crippen LogP contribution in [0.3, 0.4) is 0 Å². The van der Waals surface area contributed by atoms with Crippen LogP contribution in [-0.4, -0.2) is 58.1 Å². The molecule has 1 N–H and O–H groups in total. The van der Waals surface area contributed by atoms with Crippen LogP contribution in [-0.2, 0) is 14.3 Å². The molecule has 0 unspecified atom stereocenters. The van der Waals surface area contributed by atoms with Crippen molar-refractivity contribution >= 4 is 23.8 Å². The highest BCUT2D eigenvalue weighted by molar-refractivity contribution is 6.09. The number of hydrogen-bond donors (Lipinski definition) is 1. The fraction of sp³-hybridized carbons (Fsp3) is 0.333. The minimum atomic E-state index is -1.20. The average molecular weight is 439 g/mol. The van der Waals surface area contributed by atoms with Crippen LogP contribution in [0, 0.1) is 0 Å². The van der Waals surface area contributed by atoms with Crippen LogP contribution in [0.2, 0.25) is 0 Å². The van der Waals surface area contributed by atoms with Crippen molar-refractivity contribution < 1.29 is 33.8 Å². The molecule has 1 saturated heterocycles. The number of esters is 1. The molecule has 8 heteroatoms. The number of likely N-dealkylation sites (tertiary alicyclic amines) is 1. The molecule has 3 rings (SSSR count). The lowest BCUT2D eigenvalue weighted by Gasteiger charge is -2.26. The summed E-state index contributed by atoms with van der Waals surface area (Å²) in [5.74, 6) is -2.03. The third-order valence-electron chi connectivity index (χ3n) is 4.87. The molecular weight excluding hydrogens is 414 g/mol. The molecule has 0 saturated carbocycles. The van der Waals surface area contributed by atoms with E-state index in [0.29, 0.717) is 11.1 Å². The standard InChI is InChI=1S/C24H25NO7/c1-24(2,3)32-23(30)25-14-18(13-19(25)21(27)28)31-22(29)17-11-9-16(10-12-17)20(26)15-7-5-4-6-8-15/h4-12,18-19H,13-14H2,1-3H3,(H,27,28)/t18-,19-/m0/s1. The van der Waals surface area contributed by atoms with Gasteiger partial charge in [-0.3, -0.25) is 9.69 Å². The van der Waals surface area contributed by atoms with E-state index in [4.69, 9.17) is 9.47 Å². The average Bonchev–Trinajstić information content (AvgIpc) is 3.17. The molecule has 1 amide bonds. The van der Waals surface area contributed by atoms with E-state index in [-0.39, 0.29) is 24.3 Å². The van der Waals surface area contributed by atoms with Gasteiger partial charge in [-0.15, -0.1) is 0 Å². The van der Waals surface area contributed by atoms with Crippen molar-refractivity contribution in [3.63, 3.8) is 0 Å². The molecule has 168 valence electrons. The van der Waals surface area contributed by atoms with Crippen molar-refractivity contribution in [2.45, 2.75) is 44.9 Å². The maximum absolute atomic E-state index is 12.5. The van der Waals surface area contributed by atoms with Gasteiger partial charge in [0.05, 0.1) is 12.1 Å². The minimum Gasteiger partial charge on any atom is -0.480 e. The monoisotopic (exact) mass is 439 g/mol. The Morgan fingerprint density at radius 2 is 1.47 bits per heavy atom. The molecule has 0 aromatic heterocycles. The zero-order valence-electron chi connectivity index (χ0n) is 18.1. The van der Waals surface area contributed by atoms with Gasteiger partial charge in [-0.2, -0.15) is 0 Å². The van der Waals surface area contributed by atoms with E-state index in [2.05, 4.69) is 0 Å². The summed E-state index contributed by atoms with van der Waals surface area (Å²) in [4.78, 5) is 50.0. The molecule has 1 aliphatic heterocycles. The highest BCUT2D eigenvalue weighted by atomic mass is 16.6. The van der Waals surface area contributed by atoms with Crippen molar-refractivity contribution in [1.29, 1.82) is 0 Å². The summed E-state index contributed by atoms with van der Waals surface area (Å²) >= 11 is 0. The first kappa shape index (κ1) is 23.0. The number of ether oxygens (including phenoxy) is 2. The van der Waals surface area contributed by atoms with Gasteiger partial charge in [0.2, 0.25) is 0 Å². The summed E-state index contributed by atoms with van der Waals surface area (Å²) in [5.41, 5.74) is 0.400. The third-order valence-corrected chi connectivity index (χ3v) is 4.87. The molecule has 1 fully saturated rings. The summed E-state index contributed by atoms with van der Waals surface area (Å²) in [7, 11) is 0. The topological polar surface area (TPSA) is 110 Å². The molecule has 1 heterocycles. The number of amides is 1. The number of aliphatic carboxylic acids is 1. The lowest BCUT2D eigenvalue weighted by Crippen LogP contribution is -2.43. The van der Waals surface area contributed by atoms with Crippen molar-refractivity contribution in [2.75, 3.05) is 6.54 Å². The Morgan fingerprint density at radius 1 is 0.906 bits per heavy atom. The normalized spacial score (nSPS) is 18.2. The van der Waals surface area contributed by atoms with Gasteiger partial charge in [0.15, 0.2) is 5.78 Å². The van der Waals surface area contributed by atoms with Crippen LogP contribution in [0.25, 0.3) is 0 Å². The lowest BCUT2D eigenvalue weighted by molar-refractivity contribution is -0.142. The van der Waals surface area contributed by atoms with E-state index < -0.39 is 35.8 Å². The Kier molecular flexibility index (Phi) is 6.62. The summed E-state index contributed by atoms with van der Waals surface area (Å²) < 4.78 is 10.7. The number of benzene rings is 2. The first-order valence-corrected chi connectivity index (χ1v) is 10.2. The van der Waals surface area contributed by atoms with Crippen LogP contribution >= 0.6 is 0 Å². The fourth-order valence-electron chi connectivity index (χ4n) is 3.37. The largest absolute Gasteiger partial charge is 0.480 e. The zero-order chi connectivity index (χ0) is 23.5. The summed E-state index contributed by atoms with van der Waals surface area (Å²) in [6.45, 7) is 4.96. The van der Waals surface area contributed by atoms with Gasteiger partial charge in [0.1, 0.15) is 17.7 Å². The second-order valence-electron chi connectivity index (χ2n) is 8.52. The van der Waals surface area contributed by atoms with Crippen LogP contribution in [0.4, 0.5) is 4.79 Å². The van der Waals surface area contributed by atoms with Crippen molar-refractivity contribution in [3.05, 3.63) is 71.3 Å². The number of carboxylic acid groups (broad SMARTS) is 1. The van der Waals surface area contributed by atoms with Crippen molar-refractivity contribution in [2.24, 2.45) is 0 Å². The number of ketones is 1. The number of rotatable bonds is 5. The number of carbonyl (C=O) groups excluding carboxylic acids is 3. The Labute approximate surface area is 185 Å². The summed E-state index contributed by atoms with van der Waals surface area (Å²) in [6.07, 6.45) is -1.60. The van der Waals surface area contributed by atoms with Gasteiger partial charge >= 0.3 is 18.0 Å². The number of nitrogens with zero attached hydrogens (tertiary/aromatic N) is 1. The molecule has 0 radical (unpaired) electrons. The number of hydrogen-bond acceptors (Lipinski definition) is 6. The van der Waals surface area contributed by atoms with E-state index >= 15 is 0 Å². The maximum atomic E-state index is 12.5. The molecule has 2 atom stereocenters. The van der Waals surface area contributed by atoms with Crippen LogP contribution in [0.15, 0.2) is 54.6 Å². The second kappa shape index (κ2) is 9.21. The third kappa shape index (κ3) is 5.51. The predicted molar refractivity (Wildman–Crippen MR) is 115 cm³/mol. The predicted octanol–water partition coefficient (Wildman–Crippen LogP) is 3.54. The Bertz CT molecular complexity index is 1010. The minimum absolute atomic E-state index is 0.0368. The first-order chi connectivity index (χ1) is 15.0. The molecule has 0 bridgehead atoms. The summed E-state index contributed by atoms with van der Waals surface area (Å²) in [6, 6.07) is 13.7. The van der Waals surface area contributed by atoms with Gasteiger partial charge in [0, 0.05) is 17.5 Å².